The Hall–Kier alpha value is -1.13. The number of nitrogens with zero attached hydrogens (tertiary/aromatic N) is 1. The Labute approximate surface area is 128 Å². The molecular formula is C17H26BNO2. The first kappa shape index (κ1) is 16.2. The number of rotatable bonds is 4. The summed E-state index contributed by atoms with van der Waals surface area (Å²) < 4.78 is 11.9. The van der Waals surface area contributed by atoms with Crippen LogP contribution in [0.3, 0.4) is 0 Å². The smallest absolute Gasteiger partial charge is 0.400 e. The summed E-state index contributed by atoms with van der Waals surface area (Å²) in [7, 11) is -0.316. The lowest BCUT2D eigenvalue weighted by Gasteiger charge is -2.32. The number of pyridine rings is 1. The first-order chi connectivity index (χ1) is 9.75. The van der Waals surface area contributed by atoms with Gasteiger partial charge in [0.25, 0.3) is 0 Å². The lowest BCUT2D eigenvalue weighted by Crippen LogP contribution is -2.41. The molecule has 1 atom stereocenters. The van der Waals surface area contributed by atoms with Crippen LogP contribution >= 0.6 is 0 Å². The molecule has 114 valence electrons. The molecule has 1 saturated heterocycles. The van der Waals surface area contributed by atoms with E-state index in [-0.39, 0.29) is 18.3 Å². The molecule has 0 spiro atoms. The zero-order valence-corrected chi connectivity index (χ0v) is 14.0. The van der Waals surface area contributed by atoms with Crippen LogP contribution in [-0.4, -0.2) is 23.3 Å². The molecule has 1 aromatic heterocycles. The molecule has 1 aromatic rings. The summed E-state index contributed by atoms with van der Waals surface area (Å²) in [5.41, 5.74) is 1.48. The van der Waals surface area contributed by atoms with Gasteiger partial charge in [0.15, 0.2) is 0 Å². The highest BCUT2D eigenvalue weighted by atomic mass is 16.7. The number of hydrogen-bond acceptors (Lipinski definition) is 3. The molecule has 1 unspecified atom stereocenters. The Balaban J connectivity index is 2.09. The molecule has 0 aromatic carbocycles. The summed E-state index contributed by atoms with van der Waals surface area (Å²) in [6, 6.07) is 6.15. The second-order valence-electron chi connectivity index (χ2n) is 6.78. The van der Waals surface area contributed by atoms with Crippen LogP contribution in [0.4, 0.5) is 0 Å². The van der Waals surface area contributed by atoms with Gasteiger partial charge in [-0.1, -0.05) is 25.9 Å². The van der Waals surface area contributed by atoms with Gasteiger partial charge in [-0.05, 0) is 58.2 Å². The van der Waals surface area contributed by atoms with Crippen molar-refractivity contribution in [2.45, 2.75) is 65.1 Å². The van der Waals surface area contributed by atoms with Gasteiger partial charge in [-0.25, -0.2) is 0 Å². The molecule has 1 aliphatic heterocycles. The van der Waals surface area contributed by atoms with Crippen molar-refractivity contribution < 1.29 is 9.31 Å². The fourth-order valence-corrected chi connectivity index (χ4v) is 2.19. The van der Waals surface area contributed by atoms with E-state index in [1.165, 1.54) is 0 Å². The molecule has 0 radical (unpaired) electrons. The summed E-state index contributed by atoms with van der Waals surface area (Å²) in [5, 5.41) is 0. The second-order valence-corrected chi connectivity index (χ2v) is 6.78. The molecule has 2 heterocycles. The zero-order valence-electron chi connectivity index (χ0n) is 14.0. The fraction of sp³-hybridized carbons (Fsp3) is 0.588. The summed E-state index contributed by atoms with van der Waals surface area (Å²) in [4.78, 5) is 4.68. The van der Waals surface area contributed by atoms with Crippen LogP contribution < -0.4 is 0 Å². The molecule has 0 amide bonds. The molecule has 1 fully saturated rings. The molecule has 0 N–H and O–H groups in total. The maximum Gasteiger partial charge on any atom is 0.487 e. The first-order valence-electron chi connectivity index (χ1n) is 7.76. The van der Waals surface area contributed by atoms with Gasteiger partial charge >= 0.3 is 7.12 Å². The van der Waals surface area contributed by atoms with Gasteiger partial charge in [0.1, 0.15) is 0 Å². The van der Waals surface area contributed by atoms with Gasteiger partial charge in [-0.15, -0.1) is 0 Å². The van der Waals surface area contributed by atoms with E-state index in [2.05, 4.69) is 58.7 Å². The molecular weight excluding hydrogens is 261 g/mol. The predicted molar refractivity (Wildman–Crippen MR) is 88.1 cm³/mol. The first-order valence-corrected chi connectivity index (χ1v) is 7.76. The van der Waals surface area contributed by atoms with Crippen LogP contribution in [0.25, 0.3) is 6.08 Å². The second kappa shape index (κ2) is 5.94. The van der Waals surface area contributed by atoms with Crippen molar-refractivity contribution in [1.29, 1.82) is 0 Å². The maximum atomic E-state index is 5.95. The number of hydrogen-bond donors (Lipinski definition) is 0. The normalized spacial score (nSPS) is 21.9. The molecule has 0 aliphatic carbocycles. The number of aromatic nitrogens is 1. The van der Waals surface area contributed by atoms with Crippen LogP contribution in [0.15, 0.2) is 24.2 Å². The third kappa shape index (κ3) is 3.56. The minimum atomic E-state index is -0.316. The Morgan fingerprint density at radius 2 is 1.81 bits per heavy atom. The lowest BCUT2D eigenvalue weighted by atomic mass is 9.89. The van der Waals surface area contributed by atoms with Gasteiger partial charge < -0.3 is 9.31 Å². The third-order valence-electron chi connectivity index (χ3n) is 4.61. The fourth-order valence-electron chi connectivity index (χ4n) is 2.19. The van der Waals surface area contributed by atoms with E-state index >= 15 is 0 Å². The quantitative estimate of drug-likeness (QED) is 0.776. The van der Waals surface area contributed by atoms with Crippen molar-refractivity contribution in [3.05, 3.63) is 35.6 Å². The summed E-state index contributed by atoms with van der Waals surface area (Å²) in [6.45, 7) is 12.6. The molecule has 0 saturated carbocycles. The van der Waals surface area contributed by atoms with E-state index in [9.17, 15) is 0 Å². The van der Waals surface area contributed by atoms with Gasteiger partial charge in [-0.3, -0.25) is 4.98 Å². The molecule has 0 bridgehead atoms. The highest BCUT2D eigenvalue weighted by Gasteiger charge is 2.49. The Kier molecular flexibility index (Phi) is 4.59. The standard InChI is InChI=1S/C17H26BNO2/c1-7-13(2)15-10-8-9-14(19-15)11-12-18-20-16(3,4)17(5,6)21-18/h8-13H,7H2,1-6H3/b12-11+. The highest BCUT2D eigenvalue weighted by Crippen LogP contribution is 2.37. The summed E-state index contributed by atoms with van der Waals surface area (Å²) >= 11 is 0. The van der Waals surface area contributed by atoms with E-state index in [4.69, 9.17) is 9.31 Å². The van der Waals surface area contributed by atoms with Crippen LogP contribution in [0.5, 0.6) is 0 Å². The van der Waals surface area contributed by atoms with E-state index < -0.39 is 0 Å². The zero-order chi connectivity index (χ0) is 15.7. The molecule has 1 aliphatic rings. The Bertz CT molecular complexity index is 509. The summed E-state index contributed by atoms with van der Waals surface area (Å²) in [5.74, 6) is 2.43. The van der Waals surface area contributed by atoms with E-state index in [1.807, 2.05) is 18.1 Å². The molecule has 3 nitrogen and oxygen atoms in total. The van der Waals surface area contributed by atoms with E-state index in [1.54, 1.807) is 0 Å². The van der Waals surface area contributed by atoms with E-state index in [0.717, 1.165) is 17.8 Å². The largest absolute Gasteiger partial charge is 0.487 e. The molecule has 2 rings (SSSR count). The van der Waals surface area contributed by atoms with Gasteiger partial charge in [0.2, 0.25) is 0 Å². The molecule has 21 heavy (non-hydrogen) atoms. The van der Waals surface area contributed by atoms with Crippen LogP contribution in [0.2, 0.25) is 0 Å². The Morgan fingerprint density at radius 3 is 2.38 bits per heavy atom. The minimum Gasteiger partial charge on any atom is -0.400 e. The third-order valence-corrected chi connectivity index (χ3v) is 4.61. The lowest BCUT2D eigenvalue weighted by molar-refractivity contribution is 0.00578. The van der Waals surface area contributed by atoms with Crippen molar-refractivity contribution in [2.24, 2.45) is 0 Å². The van der Waals surface area contributed by atoms with Crippen LogP contribution in [0, 0.1) is 0 Å². The van der Waals surface area contributed by atoms with Gasteiger partial charge in [0, 0.05) is 5.69 Å². The highest BCUT2D eigenvalue weighted by molar-refractivity contribution is 6.52. The monoisotopic (exact) mass is 287 g/mol. The minimum absolute atomic E-state index is 0.298. The van der Waals surface area contributed by atoms with Crippen molar-refractivity contribution in [3.8, 4) is 0 Å². The van der Waals surface area contributed by atoms with Crippen molar-refractivity contribution in [2.75, 3.05) is 0 Å². The van der Waals surface area contributed by atoms with Crippen LogP contribution in [-0.2, 0) is 9.31 Å². The topological polar surface area (TPSA) is 31.4 Å². The average Bonchev–Trinajstić information content (AvgIpc) is 2.64. The summed E-state index contributed by atoms with van der Waals surface area (Å²) in [6.07, 6.45) is 3.07. The maximum absolute atomic E-state index is 5.95. The van der Waals surface area contributed by atoms with Gasteiger partial charge in [0.05, 0.1) is 16.9 Å². The van der Waals surface area contributed by atoms with Crippen LogP contribution in [0.1, 0.15) is 65.3 Å². The van der Waals surface area contributed by atoms with Crippen molar-refractivity contribution in [1.82, 2.24) is 4.98 Å². The van der Waals surface area contributed by atoms with Gasteiger partial charge in [-0.2, -0.15) is 0 Å². The van der Waals surface area contributed by atoms with E-state index in [0.29, 0.717) is 5.92 Å². The SMILES string of the molecule is CCC(C)c1cccc(/C=C/B2OC(C)(C)C(C)(C)O2)n1. The van der Waals surface area contributed by atoms with Crippen molar-refractivity contribution in [3.63, 3.8) is 0 Å². The predicted octanol–water partition coefficient (Wildman–Crippen LogP) is 4.24. The Morgan fingerprint density at radius 1 is 1.19 bits per heavy atom. The average molecular weight is 287 g/mol. The van der Waals surface area contributed by atoms with Crippen molar-refractivity contribution >= 4 is 13.2 Å². The molecule has 4 heteroatoms.